The molecule has 114 valence electrons. The van der Waals surface area contributed by atoms with Crippen LogP contribution >= 0.6 is 0 Å². The van der Waals surface area contributed by atoms with Crippen molar-refractivity contribution in [2.45, 2.75) is 18.9 Å². The van der Waals surface area contributed by atoms with Gasteiger partial charge in [0.1, 0.15) is 6.04 Å². The van der Waals surface area contributed by atoms with Crippen LogP contribution in [0.4, 0.5) is 0 Å². The van der Waals surface area contributed by atoms with Crippen LogP contribution in [0.2, 0.25) is 0 Å². The van der Waals surface area contributed by atoms with Crippen molar-refractivity contribution in [1.82, 2.24) is 0 Å². The highest BCUT2D eigenvalue weighted by Crippen LogP contribution is 2.11. The SMILES string of the molecule is N[C@@H](CCC(=O)O)C(=O)O.OCC(CO)(CO)CO. The van der Waals surface area contributed by atoms with Gasteiger partial charge in [-0.15, -0.1) is 0 Å². The number of hydrogen-bond acceptors (Lipinski definition) is 7. The van der Waals surface area contributed by atoms with Gasteiger partial charge in [-0.1, -0.05) is 0 Å². The molecule has 0 aliphatic rings. The number of carbonyl (C=O) groups is 2. The third-order valence-corrected chi connectivity index (χ3v) is 2.33. The average Bonchev–Trinajstić information content (AvgIpc) is 2.40. The number of nitrogens with two attached hydrogens (primary N) is 1. The van der Waals surface area contributed by atoms with Crippen LogP contribution in [0.3, 0.4) is 0 Å². The maximum Gasteiger partial charge on any atom is 0.320 e. The highest BCUT2D eigenvalue weighted by atomic mass is 16.4. The van der Waals surface area contributed by atoms with E-state index in [1.807, 2.05) is 0 Å². The van der Waals surface area contributed by atoms with Crippen LogP contribution in [-0.4, -0.2) is 75.0 Å². The minimum absolute atomic E-state index is 0.0231. The standard InChI is InChI=1S/C5H9NO4.C5H12O4/c6-3(5(9)10)1-2-4(7)8;6-1-5(2-7,3-8)4-9/h3H,1-2,6H2,(H,7,8)(H,9,10);6-9H,1-4H2/t3-;/m0./s1. The summed E-state index contributed by atoms with van der Waals surface area (Å²) in [7, 11) is 0. The van der Waals surface area contributed by atoms with Gasteiger partial charge in [0.2, 0.25) is 0 Å². The van der Waals surface area contributed by atoms with Crippen molar-refractivity contribution in [1.29, 1.82) is 0 Å². The highest BCUT2D eigenvalue weighted by Gasteiger charge is 2.26. The summed E-state index contributed by atoms with van der Waals surface area (Å²) in [6.07, 6.45) is -0.224. The molecule has 0 fully saturated rings. The fourth-order valence-electron chi connectivity index (χ4n) is 0.702. The molecule has 19 heavy (non-hydrogen) atoms. The summed E-state index contributed by atoms with van der Waals surface area (Å²) in [6.45, 7) is -1.62. The Morgan fingerprint density at radius 2 is 1.32 bits per heavy atom. The van der Waals surface area contributed by atoms with Crippen LogP contribution in [0.1, 0.15) is 12.8 Å². The molecule has 0 bridgehead atoms. The van der Waals surface area contributed by atoms with Crippen molar-refractivity contribution in [2.24, 2.45) is 11.1 Å². The van der Waals surface area contributed by atoms with Gasteiger partial charge >= 0.3 is 11.9 Å². The van der Waals surface area contributed by atoms with Crippen LogP contribution in [0.25, 0.3) is 0 Å². The molecule has 0 aromatic rings. The normalized spacial score (nSPS) is 12.3. The number of aliphatic hydroxyl groups excluding tert-OH is 4. The summed E-state index contributed by atoms with van der Waals surface area (Å²) >= 11 is 0. The van der Waals surface area contributed by atoms with E-state index in [2.05, 4.69) is 0 Å². The van der Waals surface area contributed by atoms with Gasteiger partial charge in [0.05, 0.1) is 31.8 Å². The molecule has 0 saturated heterocycles. The Morgan fingerprint density at radius 3 is 1.47 bits per heavy atom. The topological polar surface area (TPSA) is 182 Å². The third kappa shape index (κ3) is 9.33. The molecule has 0 aliphatic carbocycles. The largest absolute Gasteiger partial charge is 0.481 e. The lowest BCUT2D eigenvalue weighted by molar-refractivity contribution is -0.139. The third-order valence-electron chi connectivity index (χ3n) is 2.33. The van der Waals surface area contributed by atoms with Crippen LogP contribution in [0, 0.1) is 5.41 Å². The zero-order chi connectivity index (χ0) is 15.5. The van der Waals surface area contributed by atoms with Crippen molar-refractivity contribution in [3.8, 4) is 0 Å². The van der Waals surface area contributed by atoms with Gasteiger partial charge in [-0.3, -0.25) is 9.59 Å². The molecule has 0 unspecified atom stereocenters. The fraction of sp³-hybridized carbons (Fsp3) is 0.800. The minimum atomic E-state index is -1.17. The van der Waals surface area contributed by atoms with Gasteiger partial charge < -0.3 is 36.4 Å². The van der Waals surface area contributed by atoms with Gasteiger partial charge in [-0.25, -0.2) is 0 Å². The lowest BCUT2D eigenvalue weighted by atomic mass is 9.93. The first kappa shape index (κ1) is 20.1. The monoisotopic (exact) mass is 283 g/mol. The lowest BCUT2D eigenvalue weighted by Crippen LogP contribution is -2.37. The van der Waals surface area contributed by atoms with E-state index in [1.165, 1.54) is 0 Å². The van der Waals surface area contributed by atoms with Crippen molar-refractivity contribution in [3.05, 3.63) is 0 Å². The number of carboxylic acid groups (broad SMARTS) is 2. The molecule has 0 spiro atoms. The van der Waals surface area contributed by atoms with Gasteiger partial charge in [0, 0.05) is 6.42 Å². The van der Waals surface area contributed by atoms with E-state index in [0.717, 1.165) is 0 Å². The number of aliphatic hydroxyl groups is 4. The van der Waals surface area contributed by atoms with E-state index < -0.39 is 49.8 Å². The van der Waals surface area contributed by atoms with Crippen molar-refractivity contribution < 1.29 is 40.2 Å². The van der Waals surface area contributed by atoms with Crippen LogP contribution in [0.5, 0.6) is 0 Å². The fourth-order valence-corrected chi connectivity index (χ4v) is 0.702. The molecule has 0 aromatic heterocycles. The molecule has 0 saturated carbocycles. The molecule has 9 nitrogen and oxygen atoms in total. The van der Waals surface area contributed by atoms with E-state index in [0.29, 0.717) is 0 Å². The molecule has 0 aliphatic heterocycles. The van der Waals surface area contributed by atoms with E-state index in [1.54, 1.807) is 0 Å². The predicted octanol–water partition coefficient (Wildman–Crippen LogP) is -2.79. The summed E-state index contributed by atoms with van der Waals surface area (Å²) in [5, 5.41) is 50.3. The molecule has 0 rings (SSSR count). The second-order valence-electron chi connectivity index (χ2n) is 4.01. The quantitative estimate of drug-likeness (QED) is 0.247. The number of carboxylic acids is 2. The number of hydrogen-bond donors (Lipinski definition) is 7. The highest BCUT2D eigenvalue weighted by molar-refractivity contribution is 5.74. The second-order valence-corrected chi connectivity index (χ2v) is 4.01. The first-order chi connectivity index (χ1) is 8.78. The van der Waals surface area contributed by atoms with E-state index in [4.69, 9.17) is 36.4 Å². The first-order valence-corrected chi connectivity index (χ1v) is 5.42. The maximum atomic E-state index is 9.99. The van der Waals surface area contributed by atoms with Crippen molar-refractivity contribution >= 4 is 11.9 Å². The average molecular weight is 283 g/mol. The van der Waals surface area contributed by atoms with Gasteiger partial charge in [0.25, 0.3) is 0 Å². The smallest absolute Gasteiger partial charge is 0.320 e. The molecular weight excluding hydrogens is 262 g/mol. The summed E-state index contributed by atoms with van der Waals surface area (Å²) in [6, 6.07) is -1.06. The molecule has 0 radical (unpaired) electrons. The number of aliphatic carboxylic acids is 2. The van der Waals surface area contributed by atoms with Gasteiger partial charge in [-0.2, -0.15) is 0 Å². The minimum Gasteiger partial charge on any atom is -0.481 e. The maximum absolute atomic E-state index is 9.99. The Balaban J connectivity index is 0. The van der Waals surface area contributed by atoms with Crippen molar-refractivity contribution in [3.63, 3.8) is 0 Å². The lowest BCUT2D eigenvalue weighted by Gasteiger charge is -2.23. The van der Waals surface area contributed by atoms with Crippen LogP contribution < -0.4 is 5.73 Å². The molecule has 1 atom stereocenters. The Kier molecular flexibility index (Phi) is 11.2. The van der Waals surface area contributed by atoms with Crippen molar-refractivity contribution in [2.75, 3.05) is 26.4 Å². The first-order valence-electron chi connectivity index (χ1n) is 5.42. The zero-order valence-corrected chi connectivity index (χ0v) is 10.4. The molecule has 9 heteroatoms. The molecule has 8 N–H and O–H groups in total. The second kappa shape index (κ2) is 10.6. The zero-order valence-electron chi connectivity index (χ0n) is 10.4. The van der Waals surface area contributed by atoms with E-state index >= 15 is 0 Å². The van der Waals surface area contributed by atoms with E-state index in [-0.39, 0.29) is 12.8 Å². The van der Waals surface area contributed by atoms with E-state index in [9.17, 15) is 9.59 Å². The van der Waals surface area contributed by atoms with Crippen LogP contribution in [0.15, 0.2) is 0 Å². The van der Waals surface area contributed by atoms with Crippen LogP contribution in [-0.2, 0) is 9.59 Å². The van der Waals surface area contributed by atoms with Gasteiger partial charge in [0.15, 0.2) is 0 Å². The Bertz CT molecular complexity index is 249. The molecule has 0 heterocycles. The summed E-state index contributed by atoms with van der Waals surface area (Å²) in [5.41, 5.74) is 3.89. The summed E-state index contributed by atoms with van der Waals surface area (Å²) in [4.78, 5) is 19.9. The number of rotatable bonds is 8. The molecular formula is C10H21NO8. The molecule has 0 aromatic carbocycles. The Labute approximate surface area is 109 Å². The predicted molar refractivity (Wildman–Crippen MR) is 63.3 cm³/mol. The Morgan fingerprint density at radius 1 is 0.947 bits per heavy atom. The summed E-state index contributed by atoms with van der Waals surface area (Å²) < 4.78 is 0. The molecule has 0 amide bonds. The van der Waals surface area contributed by atoms with Gasteiger partial charge in [-0.05, 0) is 6.42 Å². The summed E-state index contributed by atoms with van der Waals surface area (Å²) in [5.74, 6) is -2.20. The Hall–Kier alpha value is -1.26.